The van der Waals surface area contributed by atoms with Gasteiger partial charge in [-0.15, -0.1) is 11.3 Å². The Hall–Kier alpha value is -0.590. The maximum atomic E-state index is 12.0. The Balaban J connectivity index is 2.57. The molecule has 1 amide bonds. The van der Waals surface area contributed by atoms with Crippen molar-refractivity contribution in [2.75, 3.05) is 0 Å². The highest BCUT2D eigenvalue weighted by atomic mass is 35.7. The number of nitrogens with one attached hydrogen (secondary N) is 1. The van der Waals surface area contributed by atoms with Crippen LogP contribution in [0.15, 0.2) is 16.3 Å². The Morgan fingerprint density at radius 1 is 1.29 bits per heavy atom. The van der Waals surface area contributed by atoms with E-state index in [1.807, 2.05) is 0 Å². The van der Waals surface area contributed by atoms with Gasteiger partial charge in [0.05, 0.1) is 6.42 Å². The van der Waals surface area contributed by atoms with Crippen molar-refractivity contribution in [3.8, 4) is 0 Å². The van der Waals surface area contributed by atoms with Crippen molar-refractivity contribution in [1.82, 2.24) is 5.32 Å². The van der Waals surface area contributed by atoms with Gasteiger partial charge in [-0.3, -0.25) is 4.79 Å². The molecule has 4 nitrogen and oxygen atoms in total. The van der Waals surface area contributed by atoms with Crippen molar-refractivity contribution in [3.63, 3.8) is 0 Å². The average Bonchev–Trinajstić information content (AvgIpc) is 2.84. The summed E-state index contributed by atoms with van der Waals surface area (Å²) in [5, 5.41) is 3.03. The molecule has 1 aromatic heterocycles. The molecule has 0 aromatic carbocycles. The highest BCUT2D eigenvalue weighted by Crippen LogP contribution is 2.25. The van der Waals surface area contributed by atoms with Gasteiger partial charge in [0.1, 0.15) is 4.21 Å². The minimum Gasteiger partial charge on any atom is -0.353 e. The van der Waals surface area contributed by atoms with Crippen LogP contribution in [0.5, 0.6) is 0 Å². The van der Waals surface area contributed by atoms with E-state index in [-0.39, 0.29) is 22.6 Å². The minimum absolute atomic E-state index is 0.0649. The summed E-state index contributed by atoms with van der Waals surface area (Å²) in [7, 11) is 1.57. The molecular weight excluding hydrogens is 330 g/mol. The molecule has 1 heterocycles. The lowest BCUT2D eigenvalue weighted by Gasteiger charge is -2.17. The quantitative estimate of drug-likeness (QED) is 0.690. The smallest absolute Gasteiger partial charge is 0.270 e. The predicted octanol–water partition coefficient (Wildman–Crippen LogP) is 3.69. The monoisotopic (exact) mass is 351 g/mol. The SMILES string of the molecule is CCCCC(CCC)NC(=O)Cc1ccc(S(=O)(=O)Cl)s1. The van der Waals surface area contributed by atoms with Crippen LogP contribution in [-0.4, -0.2) is 20.4 Å². The van der Waals surface area contributed by atoms with Gasteiger partial charge in [0.15, 0.2) is 0 Å². The third kappa shape index (κ3) is 6.80. The van der Waals surface area contributed by atoms with Gasteiger partial charge < -0.3 is 5.32 Å². The van der Waals surface area contributed by atoms with E-state index in [2.05, 4.69) is 19.2 Å². The van der Waals surface area contributed by atoms with Crippen LogP contribution in [0.2, 0.25) is 0 Å². The molecule has 0 saturated heterocycles. The Labute approximate surface area is 135 Å². The van der Waals surface area contributed by atoms with Crippen LogP contribution in [0.1, 0.15) is 50.8 Å². The van der Waals surface area contributed by atoms with E-state index in [4.69, 9.17) is 10.7 Å². The van der Waals surface area contributed by atoms with Crippen molar-refractivity contribution in [1.29, 1.82) is 0 Å². The zero-order valence-corrected chi connectivity index (χ0v) is 14.8. The molecule has 120 valence electrons. The summed E-state index contributed by atoms with van der Waals surface area (Å²) < 4.78 is 22.5. The van der Waals surface area contributed by atoms with Crippen molar-refractivity contribution < 1.29 is 13.2 Å². The summed E-state index contributed by atoms with van der Waals surface area (Å²) in [6.07, 6.45) is 5.39. The summed E-state index contributed by atoms with van der Waals surface area (Å²) in [5.74, 6) is -0.0649. The van der Waals surface area contributed by atoms with Gasteiger partial charge >= 0.3 is 0 Å². The number of rotatable bonds is 9. The number of amides is 1. The predicted molar refractivity (Wildman–Crippen MR) is 87.4 cm³/mol. The van der Waals surface area contributed by atoms with Crippen LogP contribution in [0, 0.1) is 0 Å². The molecule has 0 aliphatic carbocycles. The first kappa shape index (κ1) is 18.5. The molecular formula is C14H22ClNO3S2. The van der Waals surface area contributed by atoms with Gasteiger partial charge in [-0.05, 0) is 25.0 Å². The highest BCUT2D eigenvalue weighted by Gasteiger charge is 2.16. The molecule has 1 N–H and O–H groups in total. The average molecular weight is 352 g/mol. The third-order valence-corrected chi connectivity index (χ3v) is 6.30. The van der Waals surface area contributed by atoms with Crippen molar-refractivity contribution in [2.45, 2.75) is 62.6 Å². The first-order chi connectivity index (χ1) is 9.86. The number of thiophene rings is 1. The molecule has 7 heteroatoms. The zero-order valence-electron chi connectivity index (χ0n) is 12.4. The van der Waals surface area contributed by atoms with Crippen LogP contribution in [0.25, 0.3) is 0 Å². The van der Waals surface area contributed by atoms with E-state index >= 15 is 0 Å². The zero-order chi connectivity index (χ0) is 15.9. The Morgan fingerprint density at radius 2 is 2.00 bits per heavy atom. The normalized spacial score (nSPS) is 13.1. The lowest BCUT2D eigenvalue weighted by molar-refractivity contribution is -0.121. The highest BCUT2D eigenvalue weighted by molar-refractivity contribution is 8.15. The molecule has 21 heavy (non-hydrogen) atoms. The molecule has 0 spiro atoms. The lowest BCUT2D eigenvalue weighted by atomic mass is 10.0. The molecule has 0 radical (unpaired) electrons. The van der Waals surface area contributed by atoms with Crippen LogP contribution < -0.4 is 5.32 Å². The number of hydrogen-bond donors (Lipinski definition) is 1. The number of carbonyl (C=O) groups excluding carboxylic acids is 1. The maximum Gasteiger partial charge on any atom is 0.270 e. The molecule has 1 atom stereocenters. The first-order valence-electron chi connectivity index (χ1n) is 7.19. The van der Waals surface area contributed by atoms with E-state index in [9.17, 15) is 13.2 Å². The molecule has 0 saturated carbocycles. The molecule has 1 aromatic rings. The van der Waals surface area contributed by atoms with E-state index in [1.165, 1.54) is 6.07 Å². The van der Waals surface area contributed by atoms with Gasteiger partial charge in [-0.25, -0.2) is 8.42 Å². The largest absolute Gasteiger partial charge is 0.353 e. The summed E-state index contributed by atoms with van der Waals surface area (Å²) in [6, 6.07) is 3.29. The van der Waals surface area contributed by atoms with E-state index in [1.54, 1.807) is 6.07 Å². The molecule has 0 bridgehead atoms. The van der Waals surface area contributed by atoms with Crippen molar-refractivity contribution in [2.24, 2.45) is 0 Å². The fourth-order valence-electron chi connectivity index (χ4n) is 2.11. The van der Waals surface area contributed by atoms with E-state index < -0.39 is 9.05 Å². The fourth-order valence-corrected chi connectivity index (χ4v) is 4.23. The van der Waals surface area contributed by atoms with Gasteiger partial charge in [0.25, 0.3) is 9.05 Å². The third-order valence-electron chi connectivity index (χ3n) is 3.12. The summed E-state index contributed by atoms with van der Waals surface area (Å²) in [6.45, 7) is 4.23. The molecule has 1 rings (SSSR count). The number of carbonyl (C=O) groups is 1. The second-order valence-electron chi connectivity index (χ2n) is 5.03. The van der Waals surface area contributed by atoms with E-state index in [0.29, 0.717) is 4.88 Å². The first-order valence-corrected chi connectivity index (χ1v) is 10.3. The van der Waals surface area contributed by atoms with Crippen LogP contribution in [0.4, 0.5) is 0 Å². The van der Waals surface area contributed by atoms with Crippen LogP contribution in [0.3, 0.4) is 0 Å². The standard InChI is InChI=1S/C14H22ClNO3S2/c1-3-5-7-11(6-4-2)16-13(17)10-12-8-9-14(20-12)21(15,18)19/h8-9,11H,3-7,10H2,1-2H3,(H,16,17). The van der Waals surface area contributed by atoms with Crippen molar-refractivity contribution >= 4 is 37.0 Å². The van der Waals surface area contributed by atoms with Gasteiger partial charge in [-0.2, -0.15) is 0 Å². The molecule has 0 fully saturated rings. The van der Waals surface area contributed by atoms with Gasteiger partial charge in [0.2, 0.25) is 5.91 Å². The van der Waals surface area contributed by atoms with Gasteiger partial charge in [-0.1, -0.05) is 33.1 Å². The number of unbranched alkanes of at least 4 members (excludes halogenated alkanes) is 1. The number of hydrogen-bond acceptors (Lipinski definition) is 4. The lowest BCUT2D eigenvalue weighted by Crippen LogP contribution is -2.35. The van der Waals surface area contributed by atoms with E-state index in [0.717, 1.165) is 43.4 Å². The summed E-state index contributed by atoms with van der Waals surface area (Å²) in [5.41, 5.74) is 0. The fraction of sp³-hybridized carbons (Fsp3) is 0.643. The minimum atomic E-state index is -3.70. The second kappa shape index (κ2) is 8.76. The number of halogens is 1. The Morgan fingerprint density at radius 3 is 2.52 bits per heavy atom. The molecule has 0 aliphatic rings. The summed E-state index contributed by atoms with van der Waals surface area (Å²) >= 11 is 1.05. The molecule has 1 unspecified atom stereocenters. The Kier molecular flexibility index (Phi) is 7.70. The van der Waals surface area contributed by atoms with Gasteiger partial charge in [0, 0.05) is 21.6 Å². The summed E-state index contributed by atoms with van der Waals surface area (Å²) in [4.78, 5) is 12.7. The second-order valence-corrected chi connectivity index (χ2v) is 8.99. The van der Waals surface area contributed by atoms with Crippen molar-refractivity contribution in [3.05, 3.63) is 17.0 Å². The topological polar surface area (TPSA) is 63.2 Å². The molecule has 0 aliphatic heterocycles. The van der Waals surface area contributed by atoms with Crippen LogP contribution in [-0.2, 0) is 20.3 Å². The maximum absolute atomic E-state index is 12.0. The Bertz CT molecular complexity index is 554. The van der Waals surface area contributed by atoms with Crippen LogP contribution >= 0.6 is 22.0 Å².